The number of rotatable bonds is 3. The fourth-order valence-electron chi connectivity index (χ4n) is 2.58. The zero-order valence-electron chi connectivity index (χ0n) is 11.1. The van der Waals surface area contributed by atoms with Crippen molar-refractivity contribution in [3.05, 3.63) is 36.2 Å². The average molecular weight is 258 g/mol. The molecular weight excluding hydrogens is 240 g/mol. The van der Waals surface area contributed by atoms with E-state index in [4.69, 9.17) is 9.26 Å². The summed E-state index contributed by atoms with van der Waals surface area (Å²) in [4.78, 5) is 0. The van der Waals surface area contributed by atoms with Gasteiger partial charge in [-0.25, -0.2) is 0 Å². The van der Waals surface area contributed by atoms with Crippen LogP contribution in [-0.2, 0) is 0 Å². The van der Waals surface area contributed by atoms with Gasteiger partial charge in [-0.15, -0.1) is 0 Å². The van der Waals surface area contributed by atoms with Gasteiger partial charge in [-0.3, -0.25) is 0 Å². The fraction of sp³-hybridized carbons (Fsp3) is 0.400. The van der Waals surface area contributed by atoms with E-state index >= 15 is 0 Å². The minimum Gasteiger partial charge on any atom is -0.497 e. The van der Waals surface area contributed by atoms with Crippen LogP contribution in [0.2, 0.25) is 0 Å². The molecule has 1 aromatic heterocycles. The lowest BCUT2D eigenvalue weighted by Gasteiger charge is -2.21. The molecule has 2 aromatic rings. The molecule has 4 nitrogen and oxygen atoms in total. The van der Waals surface area contributed by atoms with Crippen molar-refractivity contribution in [1.29, 1.82) is 0 Å². The van der Waals surface area contributed by atoms with Gasteiger partial charge in [0.05, 0.1) is 19.3 Å². The monoisotopic (exact) mass is 258 g/mol. The number of hydrogen-bond donors (Lipinski definition) is 1. The Hall–Kier alpha value is -1.81. The van der Waals surface area contributed by atoms with E-state index in [1.54, 1.807) is 13.3 Å². The smallest absolute Gasteiger partial charge is 0.161 e. The van der Waals surface area contributed by atoms with Crippen LogP contribution in [0.4, 0.5) is 0 Å². The Morgan fingerprint density at radius 1 is 1.37 bits per heavy atom. The summed E-state index contributed by atoms with van der Waals surface area (Å²) in [6, 6.07) is 8.27. The second kappa shape index (κ2) is 5.45. The number of nitrogens with zero attached hydrogens (tertiary/aromatic N) is 1. The van der Waals surface area contributed by atoms with Crippen molar-refractivity contribution in [3.63, 3.8) is 0 Å². The quantitative estimate of drug-likeness (QED) is 0.918. The number of methoxy groups -OCH3 is 1. The van der Waals surface area contributed by atoms with E-state index in [0.29, 0.717) is 0 Å². The lowest BCUT2D eigenvalue weighted by atomic mass is 9.97. The van der Waals surface area contributed by atoms with E-state index in [9.17, 15) is 0 Å². The molecule has 4 heteroatoms. The summed E-state index contributed by atoms with van der Waals surface area (Å²) < 4.78 is 10.8. The number of hydrogen-bond acceptors (Lipinski definition) is 4. The number of aromatic nitrogens is 1. The summed E-state index contributed by atoms with van der Waals surface area (Å²) in [7, 11) is 1.68. The zero-order valence-corrected chi connectivity index (χ0v) is 11.1. The second-order valence-electron chi connectivity index (χ2n) is 4.84. The van der Waals surface area contributed by atoms with Gasteiger partial charge in [-0.1, -0.05) is 23.7 Å². The van der Waals surface area contributed by atoms with Gasteiger partial charge >= 0.3 is 0 Å². The van der Waals surface area contributed by atoms with Gasteiger partial charge in [0.1, 0.15) is 5.75 Å². The minimum atomic E-state index is 0.275. The van der Waals surface area contributed by atoms with E-state index < -0.39 is 0 Å². The first-order valence-electron chi connectivity index (χ1n) is 6.71. The molecule has 0 radical (unpaired) electrons. The maximum Gasteiger partial charge on any atom is 0.161 e. The summed E-state index contributed by atoms with van der Waals surface area (Å²) >= 11 is 0. The first-order chi connectivity index (χ1) is 9.38. The van der Waals surface area contributed by atoms with Gasteiger partial charge in [0.2, 0.25) is 0 Å². The number of benzene rings is 1. The van der Waals surface area contributed by atoms with Crippen molar-refractivity contribution in [3.8, 4) is 16.9 Å². The lowest BCUT2D eigenvalue weighted by molar-refractivity contribution is 0.306. The first-order valence-corrected chi connectivity index (χ1v) is 6.71. The Morgan fingerprint density at radius 2 is 2.32 bits per heavy atom. The van der Waals surface area contributed by atoms with Crippen LogP contribution in [0.3, 0.4) is 0 Å². The molecule has 1 aliphatic heterocycles. The summed E-state index contributed by atoms with van der Waals surface area (Å²) in [5.74, 6) is 1.79. The zero-order chi connectivity index (χ0) is 13.1. The van der Waals surface area contributed by atoms with Gasteiger partial charge in [-0.05, 0) is 37.1 Å². The first kappa shape index (κ1) is 12.2. The number of nitrogens with one attached hydrogen (secondary N) is 1. The maximum absolute atomic E-state index is 5.48. The molecule has 2 heterocycles. The third kappa shape index (κ3) is 2.49. The summed E-state index contributed by atoms with van der Waals surface area (Å²) in [6.07, 6.45) is 5.36. The molecule has 0 saturated carbocycles. The van der Waals surface area contributed by atoms with E-state index in [1.807, 2.05) is 18.2 Å². The molecule has 0 bridgehead atoms. The van der Waals surface area contributed by atoms with Crippen molar-refractivity contribution in [1.82, 2.24) is 10.5 Å². The van der Waals surface area contributed by atoms with Crippen LogP contribution >= 0.6 is 0 Å². The highest BCUT2D eigenvalue weighted by Gasteiger charge is 2.22. The predicted octanol–water partition coefficient (Wildman–Crippen LogP) is 3.16. The average Bonchev–Trinajstić information content (AvgIpc) is 2.98. The van der Waals surface area contributed by atoms with E-state index in [1.165, 1.54) is 12.8 Å². The predicted molar refractivity (Wildman–Crippen MR) is 73.1 cm³/mol. The van der Waals surface area contributed by atoms with Crippen molar-refractivity contribution in [2.24, 2.45) is 0 Å². The molecule has 1 N–H and O–H groups in total. The number of piperidine rings is 1. The van der Waals surface area contributed by atoms with E-state index in [-0.39, 0.29) is 6.04 Å². The van der Waals surface area contributed by atoms with Crippen LogP contribution in [0, 0.1) is 0 Å². The summed E-state index contributed by atoms with van der Waals surface area (Å²) in [6.45, 7) is 1.04. The third-order valence-electron chi connectivity index (χ3n) is 3.61. The second-order valence-corrected chi connectivity index (χ2v) is 4.84. The topological polar surface area (TPSA) is 47.3 Å². The molecule has 19 heavy (non-hydrogen) atoms. The van der Waals surface area contributed by atoms with E-state index in [0.717, 1.165) is 35.6 Å². The molecule has 1 atom stereocenters. The van der Waals surface area contributed by atoms with Gasteiger partial charge < -0.3 is 14.6 Å². The lowest BCUT2D eigenvalue weighted by Crippen LogP contribution is -2.26. The molecule has 0 aliphatic carbocycles. The fourth-order valence-corrected chi connectivity index (χ4v) is 2.58. The minimum absolute atomic E-state index is 0.275. The van der Waals surface area contributed by atoms with Crippen molar-refractivity contribution in [2.45, 2.75) is 25.3 Å². The largest absolute Gasteiger partial charge is 0.497 e. The molecule has 0 spiro atoms. The van der Waals surface area contributed by atoms with Crippen molar-refractivity contribution < 1.29 is 9.26 Å². The van der Waals surface area contributed by atoms with Crippen LogP contribution in [0.5, 0.6) is 5.75 Å². The summed E-state index contributed by atoms with van der Waals surface area (Å²) in [5.41, 5.74) is 2.14. The summed E-state index contributed by atoms with van der Waals surface area (Å²) in [5, 5.41) is 7.47. The highest BCUT2D eigenvalue weighted by molar-refractivity contribution is 5.66. The SMILES string of the molecule is COc1cccc(-c2cnoc2C2CCCCN2)c1. The Morgan fingerprint density at radius 3 is 3.11 bits per heavy atom. The third-order valence-corrected chi connectivity index (χ3v) is 3.61. The van der Waals surface area contributed by atoms with Crippen LogP contribution in [0.1, 0.15) is 31.1 Å². The normalized spacial score (nSPS) is 19.3. The van der Waals surface area contributed by atoms with Gasteiger partial charge in [0, 0.05) is 5.56 Å². The van der Waals surface area contributed by atoms with Gasteiger partial charge in [0.25, 0.3) is 0 Å². The van der Waals surface area contributed by atoms with Crippen LogP contribution < -0.4 is 10.1 Å². The molecule has 1 fully saturated rings. The highest BCUT2D eigenvalue weighted by atomic mass is 16.5. The van der Waals surface area contributed by atoms with Crippen LogP contribution in [0.15, 0.2) is 35.0 Å². The molecule has 1 aliphatic rings. The Kier molecular flexibility index (Phi) is 3.51. The molecule has 0 amide bonds. The van der Waals surface area contributed by atoms with Crippen LogP contribution in [0.25, 0.3) is 11.1 Å². The number of ether oxygens (including phenoxy) is 1. The maximum atomic E-state index is 5.48. The van der Waals surface area contributed by atoms with Gasteiger partial charge in [0.15, 0.2) is 5.76 Å². The van der Waals surface area contributed by atoms with Crippen molar-refractivity contribution in [2.75, 3.05) is 13.7 Å². The molecule has 1 saturated heterocycles. The highest BCUT2D eigenvalue weighted by Crippen LogP contribution is 2.33. The van der Waals surface area contributed by atoms with Gasteiger partial charge in [-0.2, -0.15) is 0 Å². The molecule has 100 valence electrons. The Labute approximate surface area is 112 Å². The van der Waals surface area contributed by atoms with Crippen LogP contribution in [-0.4, -0.2) is 18.8 Å². The standard InChI is InChI=1S/C15H18N2O2/c1-18-12-6-4-5-11(9-12)13-10-17-19-15(13)14-7-2-3-8-16-14/h4-6,9-10,14,16H,2-3,7-8H2,1H3. The molecular formula is C15H18N2O2. The van der Waals surface area contributed by atoms with Crippen molar-refractivity contribution >= 4 is 0 Å². The molecule has 1 aromatic carbocycles. The van der Waals surface area contributed by atoms with E-state index in [2.05, 4.69) is 16.5 Å². The molecule has 3 rings (SSSR count). The molecule has 1 unspecified atom stereocenters. The Bertz CT molecular complexity index is 545. The Balaban J connectivity index is 1.94.